The average molecular weight is 542 g/mol. The van der Waals surface area contributed by atoms with Gasteiger partial charge in [-0.15, -0.1) is 24.0 Å². The monoisotopic (exact) mass is 542 g/mol. The van der Waals surface area contributed by atoms with Gasteiger partial charge in [0.05, 0.1) is 19.8 Å². The molecule has 0 fully saturated rings. The number of ether oxygens (including phenoxy) is 3. The molecule has 0 radical (unpaired) electrons. The molecule has 0 aliphatic carbocycles. The molecule has 0 atom stereocenters. The second-order valence-corrected chi connectivity index (χ2v) is 6.82. The minimum absolute atomic E-state index is 0. The van der Waals surface area contributed by atoms with Crippen LogP contribution in [-0.4, -0.2) is 44.4 Å². The van der Waals surface area contributed by atoms with E-state index in [1.165, 1.54) is 5.56 Å². The molecule has 1 aromatic heterocycles. The smallest absolute Gasteiger partial charge is 0.218 e. The van der Waals surface area contributed by atoms with Crippen LogP contribution >= 0.6 is 24.0 Å². The minimum Gasteiger partial charge on any atom is -0.493 e. The second kappa shape index (κ2) is 15.7. The van der Waals surface area contributed by atoms with Crippen molar-refractivity contribution in [2.24, 2.45) is 4.99 Å². The van der Waals surface area contributed by atoms with E-state index in [1.54, 1.807) is 13.3 Å². The molecule has 2 aromatic rings. The van der Waals surface area contributed by atoms with Gasteiger partial charge in [0.15, 0.2) is 5.96 Å². The van der Waals surface area contributed by atoms with Crippen molar-refractivity contribution in [3.63, 3.8) is 0 Å². The maximum Gasteiger partial charge on any atom is 0.218 e. The zero-order chi connectivity index (χ0) is 21.6. The zero-order valence-corrected chi connectivity index (χ0v) is 21.3. The highest BCUT2D eigenvalue weighted by atomic mass is 127. The highest BCUT2D eigenvalue weighted by Crippen LogP contribution is 2.20. The van der Waals surface area contributed by atoms with Crippen LogP contribution in [0.1, 0.15) is 37.0 Å². The van der Waals surface area contributed by atoms with Crippen molar-refractivity contribution >= 4 is 29.9 Å². The molecular weight excluding hydrogens is 507 g/mol. The topological polar surface area (TPSA) is 77.0 Å². The molecule has 2 N–H and O–H groups in total. The number of rotatable bonds is 12. The number of hydrogen-bond acceptors (Lipinski definition) is 5. The van der Waals surface area contributed by atoms with Crippen molar-refractivity contribution in [1.82, 2.24) is 15.6 Å². The number of nitrogens with one attached hydrogen (secondary N) is 2. The second-order valence-electron chi connectivity index (χ2n) is 6.82. The minimum atomic E-state index is 0. The third-order valence-corrected chi connectivity index (χ3v) is 4.26. The van der Waals surface area contributed by atoms with E-state index in [9.17, 15) is 0 Å². The summed E-state index contributed by atoms with van der Waals surface area (Å²) in [7, 11) is 1.65. The van der Waals surface area contributed by atoms with Crippen LogP contribution in [-0.2, 0) is 17.8 Å². The molecule has 0 amide bonds. The zero-order valence-electron chi connectivity index (χ0n) is 18.9. The summed E-state index contributed by atoms with van der Waals surface area (Å²) in [5.41, 5.74) is 3.21. The molecule has 0 aliphatic rings. The van der Waals surface area contributed by atoms with Gasteiger partial charge in [-0.2, -0.15) is 0 Å². The fourth-order valence-electron chi connectivity index (χ4n) is 2.74. The Balaban J connectivity index is 0.00000480. The van der Waals surface area contributed by atoms with Gasteiger partial charge in [-0.1, -0.05) is 25.1 Å². The number of aromatic nitrogens is 1. The first-order chi connectivity index (χ1) is 14.7. The highest BCUT2D eigenvalue weighted by molar-refractivity contribution is 14.0. The maximum absolute atomic E-state index is 5.92. The fourth-order valence-corrected chi connectivity index (χ4v) is 2.74. The maximum atomic E-state index is 5.92. The molecule has 0 spiro atoms. The molecule has 7 nitrogen and oxygen atoms in total. The summed E-state index contributed by atoms with van der Waals surface area (Å²) in [6.45, 7) is 9.74. The highest BCUT2D eigenvalue weighted by Gasteiger charge is 2.08. The number of nitrogens with zero attached hydrogens (tertiary/aromatic N) is 2. The van der Waals surface area contributed by atoms with Crippen LogP contribution in [0.15, 0.2) is 41.5 Å². The first kappa shape index (κ1) is 27.0. The largest absolute Gasteiger partial charge is 0.493 e. The number of methoxy groups -OCH3 is 1. The van der Waals surface area contributed by atoms with Gasteiger partial charge in [0.1, 0.15) is 12.4 Å². The van der Waals surface area contributed by atoms with E-state index >= 15 is 0 Å². The van der Waals surface area contributed by atoms with E-state index in [4.69, 9.17) is 19.2 Å². The molecule has 0 bridgehead atoms. The van der Waals surface area contributed by atoms with Gasteiger partial charge in [0.25, 0.3) is 0 Å². The third-order valence-electron chi connectivity index (χ3n) is 4.26. The van der Waals surface area contributed by atoms with Crippen LogP contribution in [0.25, 0.3) is 0 Å². The van der Waals surface area contributed by atoms with E-state index in [0.717, 1.165) is 35.8 Å². The summed E-state index contributed by atoms with van der Waals surface area (Å²) in [6, 6.07) is 10.1. The third kappa shape index (κ3) is 9.73. The van der Waals surface area contributed by atoms with E-state index in [0.29, 0.717) is 38.8 Å². The number of hydrogen-bond donors (Lipinski definition) is 2. The number of guanidine groups is 1. The van der Waals surface area contributed by atoms with Gasteiger partial charge in [0, 0.05) is 37.5 Å². The Bertz CT molecular complexity index is 802. The summed E-state index contributed by atoms with van der Waals surface area (Å²) in [4.78, 5) is 9.01. The van der Waals surface area contributed by atoms with Crippen LogP contribution in [0.5, 0.6) is 11.6 Å². The van der Waals surface area contributed by atoms with Crippen molar-refractivity contribution < 1.29 is 14.2 Å². The quantitative estimate of drug-likeness (QED) is 0.182. The molecule has 2 rings (SSSR count). The van der Waals surface area contributed by atoms with Crippen molar-refractivity contribution in [2.45, 2.75) is 40.3 Å². The lowest BCUT2D eigenvalue weighted by atomic mass is 10.1. The van der Waals surface area contributed by atoms with Crippen molar-refractivity contribution in [2.75, 3.05) is 33.5 Å². The summed E-state index contributed by atoms with van der Waals surface area (Å²) in [5, 5.41) is 6.68. The van der Waals surface area contributed by atoms with Crippen LogP contribution < -0.4 is 20.1 Å². The molecule has 1 aromatic carbocycles. The van der Waals surface area contributed by atoms with Crippen molar-refractivity contribution in [1.29, 1.82) is 0 Å². The summed E-state index contributed by atoms with van der Waals surface area (Å²) < 4.78 is 16.7. The van der Waals surface area contributed by atoms with Gasteiger partial charge in [-0.25, -0.2) is 9.98 Å². The summed E-state index contributed by atoms with van der Waals surface area (Å²) in [5.74, 6) is 2.23. The van der Waals surface area contributed by atoms with Crippen LogP contribution in [0.3, 0.4) is 0 Å². The molecule has 31 heavy (non-hydrogen) atoms. The van der Waals surface area contributed by atoms with Crippen molar-refractivity contribution in [3.8, 4) is 11.6 Å². The fraction of sp³-hybridized carbons (Fsp3) is 0.478. The molecular formula is C23H35IN4O3. The van der Waals surface area contributed by atoms with Gasteiger partial charge < -0.3 is 24.8 Å². The first-order valence-corrected chi connectivity index (χ1v) is 10.5. The van der Waals surface area contributed by atoms with E-state index < -0.39 is 0 Å². The van der Waals surface area contributed by atoms with Gasteiger partial charge in [0.2, 0.25) is 5.88 Å². The molecule has 172 valence electrons. The number of pyridine rings is 1. The average Bonchev–Trinajstić information content (AvgIpc) is 2.76. The molecule has 0 saturated carbocycles. The van der Waals surface area contributed by atoms with E-state index in [2.05, 4.69) is 47.7 Å². The Kier molecular flexibility index (Phi) is 13.6. The number of aryl methyl sites for hydroxylation is 1. The van der Waals surface area contributed by atoms with Gasteiger partial charge in [-0.05, 0) is 38.0 Å². The number of halogens is 1. The van der Waals surface area contributed by atoms with Crippen LogP contribution in [0.4, 0.5) is 0 Å². The predicted octanol–water partition coefficient (Wildman–Crippen LogP) is 4.08. The summed E-state index contributed by atoms with van der Waals surface area (Å²) >= 11 is 0. The molecule has 0 unspecified atom stereocenters. The Hall–Kier alpha value is -2.07. The first-order valence-electron chi connectivity index (χ1n) is 10.5. The Morgan fingerprint density at radius 3 is 2.61 bits per heavy atom. The van der Waals surface area contributed by atoms with Crippen molar-refractivity contribution in [3.05, 3.63) is 53.2 Å². The molecule has 1 heterocycles. The van der Waals surface area contributed by atoms with Crippen LogP contribution in [0.2, 0.25) is 0 Å². The van der Waals surface area contributed by atoms with E-state index in [-0.39, 0.29) is 24.0 Å². The Morgan fingerprint density at radius 1 is 1.03 bits per heavy atom. The van der Waals surface area contributed by atoms with Gasteiger partial charge >= 0.3 is 0 Å². The predicted molar refractivity (Wildman–Crippen MR) is 136 cm³/mol. The summed E-state index contributed by atoms with van der Waals surface area (Å²) in [6.07, 6.45) is 2.69. The Labute approximate surface area is 203 Å². The lowest BCUT2D eigenvalue weighted by Crippen LogP contribution is -2.36. The normalized spacial score (nSPS) is 10.9. The molecule has 0 aliphatic heterocycles. The number of aliphatic imine (C=N–C) groups is 1. The standard InChI is InChI=1S/C23H34N4O3.HI/c1-5-12-29-21-15-18(3)9-10-19(21)16-26-23(24-6-2)27-17-20-8-7-11-25-22(20)30-14-13-28-4;/h7-11,15H,5-6,12-14,16-17H2,1-4H3,(H2,24,26,27);1H. The molecule has 8 heteroatoms. The Morgan fingerprint density at radius 2 is 1.87 bits per heavy atom. The van der Waals surface area contributed by atoms with Crippen LogP contribution in [0, 0.1) is 6.92 Å². The lowest BCUT2D eigenvalue weighted by Gasteiger charge is -2.15. The SMILES string of the molecule is CCCOc1cc(C)ccc1CNC(=NCc1cccnc1OCCOC)NCC.I. The lowest BCUT2D eigenvalue weighted by molar-refractivity contribution is 0.143. The van der Waals surface area contributed by atoms with E-state index in [1.807, 2.05) is 19.1 Å². The van der Waals surface area contributed by atoms with Gasteiger partial charge in [-0.3, -0.25) is 0 Å². The number of benzene rings is 1. The molecule has 0 saturated heterocycles.